The van der Waals surface area contributed by atoms with Crippen LogP contribution in [0.3, 0.4) is 0 Å². The van der Waals surface area contributed by atoms with Gasteiger partial charge in [0, 0.05) is 35.2 Å². The molecule has 29 heavy (non-hydrogen) atoms. The Balaban J connectivity index is 1.49. The number of aromatic nitrogens is 3. The average Bonchev–Trinajstić information content (AvgIpc) is 2.75. The number of para-hydroxylation sites is 1. The van der Waals surface area contributed by atoms with E-state index in [9.17, 15) is 9.59 Å². The SMILES string of the molecule is CC(=O)c1cccc(NC(=O)c2cnc(Nc3cccc4cccnc34)nc2)c1. The van der Waals surface area contributed by atoms with E-state index in [1.807, 2.05) is 30.3 Å². The van der Waals surface area contributed by atoms with Crippen molar-refractivity contribution in [3.8, 4) is 0 Å². The highest BCUT2D eigenvalue weighted by atomic mass is 16.1. The lowest BCUT2D eigenvalue weighted by atomic mass is 10.1. The van der Waals surface area contributed by atoms with Crippen LogP contribution < -0.4 is 10.6 Å². The summed E-state index contributed by atoms with van der Waals surface area (Å²) in [4.78, 5) is 36.7. The first-order valence-corrected chi connectivity index (χ1v) is 8.95. The van der Waals surface area contributed by atoms with Gasteiger partial charge in [-0.1, -0.05) is 30.3 Å². The van der Waals surface area contributed by atoms with E-state index in [-0.39, 0.29) is 11.7 Å². The molecule has 7 nitrogen and oxygen atoms in total. The minimum atomic E-state index is -0.357. The van der Waals surface area contributed by atoms with Gasteiger partial charge in [-0.2, -0.15) is 0 Å². The summed E-state index contributed by atoms with van der Waals surface area (Å²) in [5.41, 5.74) is 2.96. The Morgan fingerprint density at radius 2 is 1.62 bits per heavy atom. The average molecular weight is 383 g/mol. The summed E-state index contributed by atoms with van der Waals surface area (Å²) < 4.78 is 0. The monoisotopic (exact) mass is 383 g/mol. The maximum atomic E-state index is 12.4. The van der Waals surface area contributed by atoms with Gasteiger partial charge in [0.05, 0.1) is 16.8 Å². The maximum Gasteiger partial charge on any atom is 0.258 e. The van der Waals surface area contributed by atoms with Crippen LogP contribution in [-0.2, 0) is 0 Å². The smallest absolute Gasteiger partial charge is 0.258 e. The minimum Gasteiger partial charge on any atom is -0.322 e. The van der Waals surface area contributed by atoms with E-state index in [0.29, 0.717) is 22.8 Å². The van der Waals surface area contributed by atoms with Crippen molar-refractivity contribution in [2.75, 3.05) is 10.6 Å². The van der Waals surface area contributed by atoms with Crippen LogP contribution in [0.5, 0.6) is 0 Å². The zero-order valence-electron chi connectivity index (χ0n) is 15.6. The largest absolute Gasteiger partial charge is 0.322 e. The summed E-state index contributed by atoms with van der Waals surface area (Å²) in [5.74, 6) is -0.0647. The first-order chi connectivity index (χ1) is 14.1. The van der Waals surface area contributed by atoms with Crippen molar-refractivity contribution in [3.05, 3.63) is 84.3 Å². The minimum absolute atomic E-state index is 0.0669. The van der Waals surface area contributed by atoms with Crippen LogP contribution >= 0.6 is 0 Å². The molecule has 0 aliphatic rings. The molecule has 0 saturated carbocycles. The van der Waals surface area contributed by atoms with E-state index >= 15 is 0 Å². The molecule has 0 aliphatic heterocycles. The molecule has 0 fully saturated rings. The number of carbonyl (C=O) groups is 2. The number of ketones is 1. The van der Waals surface area contributed by atoms with Gasteiger partial charge >= 0.3 is 0 Å². The molecule has 0 atom stereocenters. The predicted octanol–water partition coefficient (Wildman–Crippen LogP) is 4.22. The molecule has 0 aliphatic carbocycles. The summed E-state index contributed by atoms with van der Waals surface area (Å²) in [7, 11) is 0. The molecule has 0 unspecified atom stereocenters. The number of benzene rings is 2. The lowest BCUT2D eigenvalue weighted by molar-refractivity contribution is 0.101. The van der Waals surface area contributed by atoms with Crippen LogP contribution in [0.25, 0.3) is 10.9 Å². The summed E-state index contributed by atoms with van der Waals surface area (Å²) in [6.07, 6.45) is 4.61. The number of amides is 1. The fraction of sp³-hybridized carbons (Fsp3) is 0.0455. The number of anilines is 3. The van der Waals surface area contributed by atoms with E-state index in [4.69, 9.17) is 0 Å². The molecule has 0 bridgehead atoms. The summed E-state index contributed by atoms with van der Waals surface area (Å²) in [6, 6.07) is 16.4. The lowest BCUT2D eigenvalue weighted by Gasteiger charge is -2.09. The van der Waals surface area contributed by atoms with E-state index in [1.54, 1.807) is 30.5 Å². The third-order valence-corrected chi connectivity index (χ3v) is 4.32. The second-order valence-electron chi connectivity index (χ2n) is 6.39. The molecule has 4 rings (SSSR count). The van der Waals surface area contributed by atoms with Crippen LogP contribution in [0, 0.1) is 0 Å². The highest BCUT2D eigenvalue weighted by Gasteiger charge is 2.10. The first-order valence-electron chi connectivity index (χ1n) is 8.95. The van der Waals surface area contributed by atoms with Gasteiger partial charge in [0.1, 0.15) is 0 Å². The number of nitrogens with one attached hydrogen (secondary N) is 2. The predicted molar refractivity (Wildman–Crippen MR) is 111 cm³/mol. The quantitative estimate of drug-likeness (QED) is 0.501. The molecule has 2 aromatic heterocycles. The zero-order chi connectivity index (χ0) is 20.2. The van der Waals surface area contributed by atoms with Crippen molar-refractivity contribution in [1.29, 1.82) is 0 Å². The Bertz CT molecular complexity index is 1200. The first kappa shape index (κ1) is 18.2. The van der Waals surface area contributed by atoms with Crippen molar-refractivity contribution < 1.29 is 9.59 Å². The molecule has 142 valence electrons. The van der Waals surface area contributed by atoms with Gasteiger partial charge < -0.3 is 10.6 Å². The number of fused-ring (bicyclic) bond motifs is 1. The summed E-state index contributed by atoms with van der Waals surface area (Å²) in [5, 5.41) is 6.88. The molecule has 2 N–H and O–H groups in total. The number of Topliss-reactive ketones (excluding diaryl/α,β-unsaturated/α-hetero) is 1. The van der Waals surface area contributed by atoms with Gasteiger partial charge in [-0.15, -0.1) is 0 Å². The van der Waals surface area contributed by atoms with Gasteiger partial charge in [-0.3, -0.25) is 14.6 Å². The Kier molecular flexibility index (Phi) is 4.94. The van der Waals surface area contributed by atoms with Gasteiger partial charge in [0.15, 0.2) is 5.78 Å². The number of hydrogen-bond acceptors (Lipinski definition) is 6. The van der Waals surface area contributed by atoms with E-state index in [1.165, 1.54) is 19.3 Å². The zero-order valence-corrected chi connectivity index (χ0v) is 15.6. The normalized spacial score (nSPS) is 10.5. The Morgan fingerprint density at radius 3 is 2.41 bits per heavy atom. The molecule has 0 spiro atoms. The molecule has 1 amide bonds. The standard InChI is InChI=1S/C22H17N5O2/c1-14(28)16-6-2-8-18(11-16)26-21(29)17-12-24-22(25-13-17)27-19-9-3-5-15-7-4-10-23-20(15)19/h2-13H,1H3,(H,26,29)(H,24,25,27). The van der Waals surface area contributed by atoms with Crippen LogP contribution in [-0.4, -0.2) is 26.6 Å². The lowest BCUT2D eigenvalue weighted by Crippen LogP contribution is -2.13. The summed E-state index contributed by atoms with van der Waals surface area (Å²) in [6.45, 7) is 1.48. The van der Waals surface area contributed by atoms with Crippen molar-refractivity contribution in [2.24, 2.45) is 0 Å². The molecule has 4 aromatic rings. The van der Waals surface area contributed by atoms with Crippen LogP contribution in [0.1, 0.15) is 27.6 Å². The van der Waals surface area contributed by atoms with Crippen molar-refractivity contribution in [3.63, 3.8) is 0 Å². The van der Waals surface area contributed by atoms with E-state index < -0.39 is 0 Å². The molecule has 7 heteroatoms. The second-order valence-corrected chi connectivity index (χ2v) is 6.39. The molecular weight excluding hydrogens is 366 g/mol. The van der Waals surface area contributed by atoms with Gasteiger partial charge in [-0.25, -0.2) is 9.97 Å². The second kappa shape index (κ2) is 7.85. The van der Waals surface area contributed by atoms with Gasteiger partial charge in [0.25, 0.3) is 5.91 Å². The highest BCUT2D eigenvalue weighted by Crippen LogP contribution is 2.23. The summed E-state index contributed by atoms with van der Waals surface area (Å²) >= 11 is 0. The number of nitrogens with zero attached hydrogens (tertiary/aromatic N) is 3. The number of rotatable bonds is 5. The Hall–Kier alpha value is -4.13. The number of hydrogen-bond donors (Lipinski definition) is 2. The fourth-order valence-electron chi connectivity index (χ4n) is 2.85. The van der Waals surface area contributed by atoms with Gasteiger partial charge in [0.2, 0.25) is 5.95 Å². The third kappa shape index (κ3) is 4.08. The molecular formula is C22H17N5O2. The van der Waals surface area contributed by atoms with E-state index in [0.717, 1.165) is 16.6 Å². The molecule has 2 aromatic carbocycles. The van der Waals surface area contributed by atoms with Crippen molar-refractivity contribution in [1.82, 2.24) is 15.0 Å². The fourth-order valence-corrected chi connectivity index (χ4v) is 2.85. The van der Waals surface area contributed by atoms with Crippen molar-refractivity contribution >= 4 is 39.9 Å². The Labute approximate surface area is 166 Å². The molecule has 0 saturated heterocycles. The number of carbonyl (C=O) groups excluding carboxylic acids is 2. The van der Waals surface area contributed by atoms with Crippen LogP contribution in [0.15, 0.2) is 73.2 Å². The highest BCUT2D eigenvalue weighted by molar-refractivity contribution is 6.04. The van der Waals surface area contributed by atoms with E-state index in [2.05, 4.69) is 25.6 Å². The van der Waals surface area contributed by atoms with Crippen LogP contribution in [0.4, 0.5) is 17.3 Å². The van der Waals surface area contributed by atoms with Crippen LogP contribution in [0.2, 0.25) is 0 Å². The van der Waals surface area contributed by atoms with Gasteiger partial charge in [-0.05, 0) is 31.2 Å². The topological polar surface area (TPSA) is 96.9 Å². The molecule has 0 radical (unpaired) electrons. The third-order valence-electron chi connectivity index (χ3n) is 4.32. The van der Waals surface area contributed by atoms with Crippen molar-refractivity contribution in [2.45, 2.75) is 6.92 Å². The number of pyridine rings is 1. The maximum absolute atomic E-state index is 12.4. The Morgan fingerprint density at radius 1 is 0.862 bits per heavy atom. The molecule has 2 heterocycles.